The minimum absolute atomic E-state index is 0. The van der Waals surface area contributed by atoms with E-state index in [1.54, 1.807) is 0 Å². The van der Waals surface area contributed by atoms with Gasteiger partial charge < -0.3 is 5.73 Å². The van der Waals surface area contributed by atoms with Crippen LogP contribution in [0, 0.1) is 5.92 Å². The zero-order valence-corrected chi connectivity index (χ0v) is 16.7. The van der Waals surface area contributed by atoms with Gasteiger partial charge >= 0.3 is 0 Å². The summed E-state index contributed by atoms with van der Waals surface area (Å²) in [6, 6.07) is 5.82. The normalized spacial score (nSPS) is 18.7. The lowest BCUT2D eigenvalue weighted by Crippen LogP contribution is -2.30. The molecule has 25 heavy (non-hydrogen) atoms. The highest BCUT2D eigenvalue weighted by atomic mass is 35.5. The minimum Gasteiger partial charge on any atom is -0.330 e. The van der Waals surface area contributed by atoms with Crippen molar-refractivity contribution in [2.75, 3.05) is 30.1 Å². The second kappa shape index (κ2) is 9.18. The highest BCUT2D eigenvalue weighted by Crippen LogP contribution is 2.25. The van der Waals surface area contributed by atoms with E-state index in [1.165, 1.54) is 28.6 Å². The van der Waals surface area contributed by atoms with Crippen molar-refractivity contribution in [3.05, 3.63) is 24.3 Å². The van der Waals surface area contributed by atoms with Gasteiger partial charge in [0.15, 0.2) is 0 Å². The summed E-state index contributed by atoms with van der Waals surface area (Å²) in [5, 5.41) is 0. The van der Waals surface area contributed by atoms with Crippen LogP contribution in [0.1, 0.15) is 26.2 Å². The lowest BCUT2D eigenvalue weighted by Gasteiger charge is -2.16. The van der Waals surface area contributed by atoms with Crippen molar-refractivity contribution in [2.45, 2.75) is 31.1 Å². The Morgan fingerprint density at radius 3 is 2.36 bits per heavy atom. The number of rotatable bonds is 8. The Balaban J connectivity index is 0.00000312. The molecule has 0 saturated carbocycles. The number of nitrogens with one attached hydrogen (secondary N) is 1. The van der Waals surface area contributed by atoms with E-state index < -0.39 is 20.0 Å². The van der Waals surface area contributed by atoms with Crippen molar-refractivity contribution in [1.82, 2.24) is 4.31 Å². The minimum atomic E-state index is -3.56. The molecule has 1 heterocycles. The maximum absolute atomic E-state index is 12.6. The molecule has 0 aliphatic carbocycles. The van der Waals surface area contributed by atoms with Gasteiger partial charge in [0.2, 0.25) is 20.0 Å². The standard InChI is InChI=1S/C15H25N3O4S2.ClH/c1-2-3-10-23(19,20)17-14-4-6-15(7-5-14)24(21,22)18-9-8-13(11-16)12-18;/h4-7,13,17H,2-3,8-12,16H2,1H3;1H. The van der Waals surface area contributed by atoms with E-state index in [1.807, 2.05) is 6.92 Å². The van der Waals surface area contributed by atoms with Crippen molar-refractivity contribution in [3.63, 3.8) is 0 Å². The molecule has 0 aromatic heterocycles. The third kappa shape index (κ3) is 5.82. The van der Waals surface area contributed by atoms with E-state index in [9.17, 15) is 16.8 Å². The Kier molecular flexibility index (Phi) is 8.14. The topological polar surface area (TPSA) is 110 Å². The van der Waals surface area contributed by atoms with Crippen LogP contribution in [0.2, 0.25) is 0 Å². The summed E-state index contributed by atoms with van der Waals surface area (Å²) in [4.78, 5) is 0.164. The van der Waals surface area contributed by atoms with Crippen LogP contribution in [-0.2, 0) is 20.0 Å². The Bertz CT molecular complexity index is 751. The zero-order valence-electron chi connectivity index (χ0n) is 14.2. The summed E-state index contributed by atoms with van der Waals surface area (Å²) in [6.07, 6.45) is 2.14. The van der Waals surface area contributed by atoms with Crippen LogP contribution >= 0.6 is 12.4 Å². The Labute approximate surface area is 156 Å². The molecule has 7 nitrogen and oxygen atoms in total. The number of nitrogens with two attached hydrogens (primary N) is 1. The van der Waals surface area contributed by atoms with E-state index in [2.05, 4.69) is 4.72 Å². The molecule has 10 heteroatoms. The van der Waals surface area contributed by atoms with Gasteiger partial charge in [0.1, 0.15) is 0 Å². The zero-order chi connectivity index (χ0) is 17.8. The Morgan fingerprint density at radius 1 is 1.20 bits per heavy atom. The molecule has 1 aromatic rings. The quantitative estimate of drug-likeness (QED) is 0.675. The van der Waals surface area contributed by atoms with Gasteiger partial charge in [-0.3, -0.25) is 4.72 Å². The number of hydrogen-bond donors (Lipinski definition) is 2. The summed E-state index contributed by atoms with van der Waals surface area (Å²) in [6.45, 7) is 3.30. The van der Waals surface area contributed by atoms with Gasteiger partial charge in [-0.1, -0.05) is 13.3 Å². The molecule has 2 rings (SSSR count). The lowest BCUT2D eigenvalue weighted by molar-refractivity contribution is 0.459. The maximum atomic E-state index is 12.6. The molecular weight excluding hydrogens is 386 g/mol. The van der Waals surface area contributed by atoms with Crippen LogP contribution in [0.5, 0.6) is 0 Å². The summed E-state index contributed by atoms with van der Waals surface area (Å²) in [5.74, 6) is 0.252. The van der Waals surface area contributed by atoms with Crippen molar-refractivity contribution in [2.24, 2.45) is 11.7 Å². The van der Waals surface area contributed by atoms with E-state index in [-0.39, 0.29) is 29.0 Å². The van der Waals surface area contributed by atoms with E-state index >= 15 is 0 Å². The fourth-order valence-electron chi connectivity index (χ4n) is 2.62. The van der Waals surface area contributed by atoms with Crippen LogP contribution < -0.4 is 10.5 Å². The molecular formula is C15H26ClN3O4S2. The van der Waals surface area contributed by atoms with Crippen molar-refractivity contribution < 1.29 is 16.8 Å². The average Bonchev–Trinajstić information content (AvgIpc) is 3.03. The van der Waals surface area contributed by atoms with E-state index in [0.29, 0.717) is 31.7 Å². The van der Waals surface area contributed by atoms with Gasteiger partial charge in [0.05, 0.1) is 10.6 Å². The lowest BCUT2D eigenvalue weighted by atomic mass is 10.1. The molecule has 0 bridgehead atoms. The number of benzene rings is 1. The number of unbranched alkanes of at least 4 members (excludes halogenated alkanes) is 1. The molecule has 1 aliphatic rings. The van der Waals surface area contributed by atoms with Gasteiger partial charge in [0, 0.05) is 18.8 Å². The Morgan fingerprint density at radius 2 is 1.84 bits per heavy atom. The fraction of sp³-hybridized carbons (Fsp3) is 0.600. The van der Waals surface area contributed by atoms with Gasteiger partial charge in [-0.2, -0.15) is 4.31 Å². The summed E-state index contributed by atoms with van der Waals surface area (Å²) in [5.41, 5.74) is 5.97. The highest BCUT2D eigenvalue weighted by molar-refractivity contribution is 7.92. The number of hydrogen-bond acceptors (Lipinski definition) is 5. The highest BCUT2D eigenvalue weighted by Gasteiger charge is 2.31. The van der Waals surface area contributed by atoms with Crippen LogP contribution in [0.4, 0.5) is 5.69 Å². The molecule has 1 saturated heterocycles. The van der Waals surface area contributed by atoms with Gasteiger partial charge in [0.25, 0.3) is 0 Å². The average molecular weight is 412 g/mol. The number of anilines is 1. The molecule has 144 valence electrons. The largest absolute Gasteiger partial charge is 0.330 e. The molecule has 0 radical (unpaired) electrons. The summed E-state index contributed by atoms with van der Waals surface area (Å²) >= 11 is 0. The molecule has 1 aromatic carbocycles. The fourth-order valence-corrected chi connectivity index (χ4v) is 5.41. The second-order valence-corrected chi connectivity index (χ2v) is 9.83. The predicted molar refractivity (Wildman–Crippen MR) is 102 cm³/mol. The summed E-state index contributed by atoms with van der Waals surface area (Å²) < 4.78 is 52.8. The van der Waals surface area contributed by atoms with E-state index in [0.717, 1.165) is 12.8 Å². The third-order valence-corrected chi connectivity index (χ3v) is 7.37. The number of halogens is 1. The SMILES string of the molecule is CCCCS(=O)(=O)Nc1ccc(S(=O)(=O)N2CCC(CN)C2)cc1.Cl. The monoisotopic (exact) mass is 411 g/mol. The number of nitrogens with zero attached hydrogens (tertiary/aromatic N) is 1. The first kappa shape index (κ1) is 22.2. The first-order valence-electron chi connectivity index (χ1n) is 8.09. The molecule has 1 atom stereocenters. The summed E-state index contributed by atoms with van der Waals surface area (Å²) in [7, 11) is -6.95. The number of sulfonamides is 2. The first-order chi connectivity index (χ1) is 11.3. The Hall–Kier alpha value is -0.870. The van der Waals surface area contributed by atoms with Gasteiger partial charge in [-0.15, -0.1) is 12.4 Å². The van der Waals surface area contributed by atoms with E-state index in [4.69, 9.17) is 5.73 Å². The van der Waals surface area contributed by atoms with Crippen molar-refractivity contribution >= 4 is 38.1 Å². The van der Waals surface area contributed by atoms with Crippen LogP contribution in [0.25, 0.3) is 0 Å². The molecule has 1 fully saturated rings. The smallest absolute Gasteiger partial charge is 0.243 e. The molecule has 1 unspecified atom stereocenters. The van der Waals surface area contributed by atoms with Crippen molar-refractivity contribution in [3.8, 4) is 0 Å². The van der Waals surface area contributed by atoms with Gasteiger partial charge in [-0.05, 0) is 49.6 Å². The maximum Gasteiger partial charge on any atom is 0.243 e. The van der Waals surface area contributed by atoms with Crippen LogP contribution in [0.15, 0.2) is 29.2 Å². The molecule has 3 N–H and O–H groups in total. The predicted octanol–water partition coefficient (Wildman–Crippen LogP) is 1.62. The second-order valence-electron chi connectivity index (χ2n) is 6.05. The van der Waals surface area contributed by atoms with Crippen molar-refractivity contribution in [1.29, 1.82) is 0 Å². The molecule has 0 amide bonds. The first-order valence-corrected chi connectivity index (χ1v) is 11.2. The van der Waals surface area contributed by atoms with Crippen LogP contribution in [0.3, 0.4) is 0 Å². The third-order valence-electron chi connectivity index (χ3n) is 4.11. The molecule has 0 spiro atoms. The van der Waals surface area contributed by atoms with Gasteiger partial charge in [-0.25, -0.2) is 16.8 Å². The van der Waals surface area contributed by atoms with Crippen LogP contribution in [-0.4, -0.2) is 46.5 Å². The molecule has 1 aliphatic heterocycles.